The number of halogens is 2. The summed E-state index contributed by atoms with van der Waals surface area (Å²) in [5.41, 5.74) is 5.56. The number of nitrogens with one attached hydrogen (secondary N) is 1. The molecule has 0 heterocycles. The van der Waals surface area contributed by atoms with Crippen LogP contribution < -0.4 is 11.1 Å². The highest BCUT2D eigenvalue weighted by Crippen LogP contribution is 2.16. The first-order chi connectivity index (χ1) is 7.88. The fourth-order valence-electron chi connectivity index (χ4n) is 1.71. The molecule has 0 aliphatic carbocycles. The Balaban J connectivity index is 2.69. The van der Waals surface area contributed by atoms with Gasteiger partial charge in [-0.1, -0.05) is 0 Å². The summed E-state index contributed by atoms with van der Waals surface area (Å²) < 4.78 is 26.0. The topological polar surface area (TPSA) is 55.1 Å². The Labute approximate surface area is 99.0 Å². The molecule has 0 fully saturated rings. The van der Waals surface area contributed by atoms with Crippen molar-refractivity contribution in [3.63, 3.8) is 0 Å². The van der Waals surface area contributed by atoms with Crippen LogP contribution in [0.4, 0.5) is 8.78 Å². The Bertz CT molecular complexity index is 389. The van der Waals surface area contributed by atoms with E-state index < -0.39 is 17.5 Å². The summed E-state index contributed by atoms with van der Waals surface area (Å²) in [5.74, 6) is -1.64. The number of primary amides is 1. The van der Waals surface area contributed by atoms with Crippen molar-refractivity contribution in [3.05, 3.63) is 35.4 Å². The number of benzene rings is 1. The van der Waals surface area contributed by atoms with Crippen molar-refractivity contribution in [1.82, 2.24) is 5.32 Å². The quantitative estimate of drug-likeness (QED) is 0.828. The third-order valence-electron chi connectivity index (χ3n) is 2.43. The molecule has 3 N–H and O–H groups in total. The molecule has 0 aliphatic rings. The molecule has 0 radical (unpaired) electrons. The number of amides is 1. The molecular weight excluding hydrogens is 226 g/mol. The molecule has 1 amide bonds. The molecule has 1 aromatic carbocycles. The van der Waals surface area contributed by atoms with Crippen molar-refractivity contribution in [1.29, 1.82) is 0 Å². The minimum atomic E-state index is -0.615. The Morgan fingerprint density at radius 3 is 2.29 bits per heavy atom. The molecular formula is C12H16F2N2O. The molecule has 94 valence electrons. The highest BCUT2D eigenvalue weighted by atomic mass is 19.1. The van der Waals surface area contributed by atoms with E-state index in [1.807, 2.05) is 0 Å². The summed E-state index contributed by atoms with van der Waals surface area (Å²) in [6.07, 6.45) is 0.183. The van der Waals surface area contributed by atoms with E-state index in [2.05, 4.69) is 5.32 Å². The molecule has 0 aliphatic heterocycles. The first kappa shape index (κ1) is 13.6. The number of carbonyl (C=O) groups is 1. The second-order valence-electron chi connectivity index (χ2n) is 4.16. The monoisotopic (exact) mass is 242 g/mol. The van der Waals surface area contributed by atoms with Crippen molar-refractivity contribution in [2.45, 2.75) is 32.4 Å². The molecule has 2 unspecified atom stereocenters. The number of rotatable bonds is 5. The van der Waals surface area contributed by atoms with Crippen LogP contribution in [0.2, 0.25) is 0 Å². The summed E-state index contributed by atoms with van der Waals surface area (Å²) >= 11 is 0. The van der Waals surface area contributed by atoms with Gasteiger partial charge >= 0.3 is 0 Å². The molecule has 0 spiro atoms. The molecule has 1 rings (SSSR count). The van der Waals surface area contributed by atoms with E-state index in [1.165, 1.54) is 12.1 Å². The molecule has 0 saturated carbocycles. The van der Waals surface area contributed by atoms with Gasteiger partial charge in [-0.25, -0.2) is 8.78 Å². The summed E-state index contributed by atoms with van der Waals surface area (Å²) in [6.45, 7) is 3.56. The lowest BCUT2D eigenvalue weighted by Gasteiger charge is -2.19. The molecule has 0 aromatic heterocycles. The Morgan fingerprint density at radius 1 is 1.29 bits per heavy atom. The molecule has 5 heteroatoms. The maximum Gasteiger partial charge on any atom is 0.218 e. The standard InChI is InChI=1S/C12H16F2N2O/c1-7(3-12(15)17)16-8(2)9-4-10(13)6-11(14)5-9/h4-8,16H,3H2,1-2H3,(H2,15,17). The Hall–Kier alpha value is -1.49. The van der Waals surface area contributed by atoms with Crippen LogP contribution in [0.1, 0.15) is 31.9 Å². The van der Waals surface area contributed by atoms with Gasteiger partial charge in [0.15, 0.2) is 0 Å². The van der Waals surface area contributed by atoms with Crippen molar-refractivity contribution in [3.8, 4) is 0 Å². The second kappa shape index (κ2) is 5.72. The van der Waals surface area contributed by atoms with Gasteiger partial charge in [0.1, 0.15) is 11.6 Å². The van der Waals surface area contributed by atoms with E-state index in [-0.39, 0.29) is 18.5 Å². The van der Waals surface area contributed by atoms with E-state index >= 15 is 0 Å². The summed E-state index contributed by atoms with van der Waals surface area (Å²) in [4.78, 5) is 10.7. The summed E-state index contributed by atoms with van der Waals surface area (Å²) in [7, 11) is 0. The number of hydrogen-bond donors (Lipinski definition) is 2. The van der Waals surface area contributed by atoms with Gasteiger partial charge in [0.05, 0.1) is 0 Å². The minimum Gasteiger partial charge on any atom is -0.370 e. The van der Waals surface area contributed by atoms with Gasteiger partial charge in [-0.05, 0) is 31.5 Å². The number of nitrogens with two attached hydrogens (primary N) is 1. The summed E-state index contributed by atoms with van der Waals surface area (Å²) in [6, 6.07) is 2.95. The van der Waals surface area contributed by atoms with Crippen LogP contribution in [-0.4, -0.2) is 11.9 Å². The van der Waals surface area contributed by atoms with Crippen LogP contribution in [-0.2, 0) is 4.79 Å². The lowest BCUT2D eigenvalue weighted by Crippen LogP contribution is -2.33. The average Bonchev–Trinajstić information content (AvgIpc) is 2.14. The van der Waals surface area contributed by atoms with E-state index in [4.69, 9.17) is 5.73 Å². The van der Waals surface area contributed by atoms with Crippen molar-refractivity contribution in [2.75, 3.05) is 0 Å². The highest BCUT2D eigenvalue weighted by Gasteiger charge is 2.13. The predicted octanol–water partition coefficient (Wildman–Crippen LogP) is 1.88. The fourth-order valence-corrected chi connectivity index (χ4v) is 1.71. The first-order valence-electron chi connectivity index (χ1n) is 5.39. The third-order valence-corrected chi connectivity index (χ3v) is 2.43. The Kier molecular flexibility index (Phi) is 4.57. The molecule has 17 heavy (non-hydrogen) atoms. The van der Waals surface area contributed by atoms with E-state index in [9.17, 15) is 13.6 Å². The zero-order valence-corrected chi connectivity index (χ0v) is 9.84. The molecule has 2 atom stereocenters. The van der Waals surface area contributed by atoms with Gasteiger partial charge in [0.2, 0.25) is 5.91 Å². The average molecular weight is 242 g/mol. The van der Waals surface area contributed by atoms with Crippen LogP contribution in [0.5, 0.6) is 0 Å². The van der Waals surface area contributed by atoms with Gasteiger partial charge in [-0.2, -0.15) is 0 Å². The smallest absolute Gasteiger partial charge is 0.218 e. The maximum absolute atomic E-state index is 13.0. The zero-order valence-electron chi connectivity index (χ0n) is 9.84. The van der Waals surface area contributed by atoms with Gasteiger partial charge in [-0.15, -0.1) is 0 Å². The largest absolute Gasteiger partial charge is 0.370 e. The van der Waals surface area contributed by atoms with Crippen LogP contribution >= 0.6 is 0 Å². The first-order valence-corrected chi connectivity index (χ1v) is 5.39. The Morgan fingerprint density at radius 2 is 1.82 bits per heavy atom. The lowest BCUT2D eigenvalue weighted by molar-refractivity contribution is -0.118. The van der Waals surface area contributed by atoms with E-state index in [0.29, 0.717) is 5.56 Å². The van der Waals surface area contributed by atoms with Gasteiger partial charge in [0.25, 0.3) is 0 Å². The van der Waals surface area contributed by atoms with Crippen LogP contribution in [0.3, 0.4) is 0 Å². The summed E-state index contributed by atoms with van der Waals surface area (Å²) in [5, 5.41) is 3.05. The van der Waals surface area contributed by atoms with E-state index in [0.717, 1.165) is 6.07 Å². The predicted molar refractivity (Wildman–Crippen MR) is 61.2 cm³/mol. The third kappa shape index (κ3) is 4.48. The minimum absolute atomic E-state index is 0.145. The van der Waals surface area contributed by atoms with Crippen LogP contribution in [0.25, 0.3) is 0 Å². The van der Waals surface area contributed by atoms with Crippen LogP contribution in [0, 0.1) is 11.6 Å². The SMILES string of the molecule is CC(CC(N)=O)NC(C)c1cc(F)cc(F)c1. The number of hydrogen-bond acceptors (Lipinski definition) is 2. The maximum atomic E-state index is 13.0. The normalized spacial score (nSPS) is 14.4. The van der Waals surface area contributed by atoms with Gasteiger partial charge in [0, 0.05) is 24.6 Å². The zero-order chi connectivity index (χ0) is 13.0. The number of carbonyl (C=O) groups excluding carboxylic acids is 1. The second-order valence-corrected chi connectivity index (χ2v) is 4.16. The fraction of sp³-hybridized carbons (Fsp3) is 0.417. The molecule has 0 saturated heterocycles. The van der Waals surface area contributed by atoms with Crippen LogP contribution in [0.15, 0.2) is 18.2 Å². The van der Waals surface area contributed by atoms with E-state index in [1.54, 1.807) is 13.8 Å². The van der Waals surface area contributed by atoms with Gasteiger partial charge in [-0.3, -0.25) is 4.79 Å². The lowest BCUT2D eigenvalue weighted by atomic mass is 10.1. The molecule has 0 bridgehead atoms. The molecule has 3 nitrogen and oxygen atoms in total. The highest BCUT2D eigenvalue weighted by molar-refractivity contribution is 5.74. The van der Waals surface area contributed by atoms with Crippen molar-refractivity contribution < 1.29 is 13.6 Å². The molecule has 1 aromatic rings. The van der Waals surface area contributed by atoms with Crippen molar-refractivity contribution in [2.24, 2.45) is 5.73 Å². The van der Waals surface area contributed by atoms with Crippen molar-refractivity contribution >= 4 is 5.91 Å². The van der Waals surface area contributed by atoms with Gasteiger partial charge < -0.3 is 11.1 Å².